The molecule has 0 radical (unpaired) electrons. The second kappa shape index (κ2) is 9.48. The number of carbonyl (C=O) groups is 1. The van der Waals surface area contributed by atoms with Crippen LogP contribution in [0.4, 0.5) is 44.3 Å². The molecule has 1 aliphatic rings. The molecule has 14 heteroatoms. The Balaban J connectivity index is 1.73. The number of aromatic nitrogens is 2. The molecular formula is C24H16F9N3O2. The number of amides is 1. The number of rotatable bonds is 4. The lowest BCUT2D eigenvalue weighted by molar-refractivity contribution is -0.143. The van der Waals surface area contributed by atoms with E-state index in [9.17, 15) is 44.3 Å². The normalized spacial score (nSPS) is 18.6. The topological polar surface area (TPSA) is 55.3 Å². The van der Waals surface area contributed by atoms with Gasteiger partial charge in [0, 0.05) is 18.0 Å². The van der Waals surface area contributed by atoms with E-state index in [0.717, 1.165) is 23.1 Å². The Labute approximate surface area is 208 Å². The van der Waals surface area contributed by atoms with E-state index in [2.05, 4.69) is 9.97 Å². The van der Waals surface area contributed by atoms with Gasteiger partial charge in [-0.1, -0.05) is 6.07 Å². The highest BCUT2D eigenvalue weighted by molar-refractivity contribution is 5.72. The summed E-state index contributed by atoms with van der Waals surface area (Å²) in [6.45, 7) is 0.802. The molecule has 0 spiro atoms. The van der Waals surface area contributed by atoms with Crippen LogP contribution in [0.5, 0.6) is 0 Å². The Bertz CT molecular complexity index is 1310. The minimum absolute atomic E-state index is 0.0372. The zero-order valence-corrected chi connectivity index (χ0v) is 19.1. The molecule has 3 aromatic rings. The average Bonchev–Trinajstić information content (AvgIpc) is 3.11. The number of hydrogen-bond acceptors (Lipinski definition) is 4. The van der Waals surface area contributed by atoms with Gasteiger partial charge < -0.3 is 4.74 Å². The van der Waals surface area contributed by atoms with Crippen LogP contribution >= 0.6 is 0 Å². The molecule has 1 amide bonds. The van der Waals surface area contributed by atoms with Gasteiger partial charge in [0.05, 0.1) is 41.2 Å². The summed E-state index contributed by atoms with van der Waals surface area (Å²) in [6.07, 6.45) is -13.7. The predicted molar refractivity (Wildman–Crippen MR) is 113 cm³/mol. The maximum atomic E-state index is 13.4. The summed E-state index contributed by atoms with van der Waals surface area (Å²) < 4.78 is 125. The molecule has 1 aromatic heterocycles. The first kappa shape index (κ1) is 27.2. The Hall–Kier alpha value is -3.84. The van der Waals surface area contributed by atoms with Crippen LogP contribution in [0.3, 0.4) is 0 Å². The third-order valence-corrected chi connectivity index (χ3v) is 5.94. The lowest BCUT2D eigenvalue weighted by atomic mass is 9.96. The van der Waals surface area contributed by atoms with E-state index in [4.69, 9.17) is 4.74 Å². The fourth-order valence-electron chi connectivity index (χ4n) is 4.08. The maximum absolute atomic E-state index is 13.4. The number of cyclic esters (lactones) is 1. The highest BCUT2D eigenvalue weighted by atomic mass is 19.4. The van der Waals surface area contributed by atoms with E-state index in [1.807, 2.05) is 0 Å². The first-order chi connectivity index (χ1) is 17.6. The Morgan fingerprint density at radius 2 is 1.45 bits per heavy atom. The van der Waals surface area contributed by atoms with Crippen molar-refractivity contribution in [3.8, 4) is 11.3 Å². The summed E-state index contributed by atoms with van der Waals surface area (Å²) in [7, 11) is 0. The molecule has 1 fully saturated rings. The minimum atomic E-state index is -5.12. The number of carbonyl (C=O) groups excluding carboxylic acids is 1. The summed E-state index contributed by atoms with van der Waals surface area (Å²) in [5.41, 5.74) is -4.45. The quantitative estimate of drug-likeness (QED) is 0.321. The standard InChI is InChI=1S/C24H16F9N3O2/c1-12-20(13-6-16(23(28,29)30)9-17(7-13)24(31,32)33)38-21(37)36(12)11-14-8-15(22(25,26)27)2-3-18(14)19-10-34-4-5-35-19/h2-10,12,20H,11H2,1H3/t12-,20-/m0/s1. The molecule has 4 rings (SSSR count). The van der Waals surface area contributed by atoms with E-state index >= 15 is 0 Å². The van der Waals surface area contributed by atoms with Crippen LogP contribution in [-0.4, -0.2) is 27.0 Å². The number of hydrogen-bond donors (Lipinski definition) is 0. The van der Waals surface area contributed by atoms with Crippen molar-refractivity contribution in [1.29, 1.82) is 0 Å². The van der Waals surface area contributed by atoms with E-state index in [-0.39, 0.29) is 22.9 Å². The van der Waals surface area contributed by atoms with Crippen LogP contribution in [0, 0.1) is 0 Å². The Morgan fingerprint density at radius 3 is 1.97 bits per heavy atom. The van der Waals surface area contributed by atoms with Gasteiger partial charge >= 0.3 is 24.6 Å². The molecule has 38 heavy (non-hydrogen) atoms. The van der Waals surface area contributed by atoms with Crippen molar-refractivity contribution in [2.24, 2.45) is 0 Å². The monoisotopic (exact) mass is 549 g/mol. The molecule has 2 heterocycles. The first-order valence-corrected chi connectivity index (χ1v) is 10.8. The molecule has 0 N–H and O–H groups in total. The van der Waals surface area contributed by atoms with Crippen LogP contribution < -0.4 is 0 Å². The molecule has 0 saturated carbocycles. The van der Waals surface area contributed by atoms with Crippen LogP contribution in [0.15, 0.2) is 55.0 Å². The maximum Gasteiger partial charge on any atom is 0.416 e. The summed E-state index contributed by atoms with van der Waals surface area (Å²) in [6, 6.07) is 2.42. The second-order valence-corrected chi connectivity index (χ2v) is 8.47. The van der Waals surface area contributed by atoms with Gasteiger partial charge in [-0.05, 0) is 48.4 Å². The molecule has 1 saturated heterocycles. The summed E-state index contributed by atoms with van der Waals surface area (Å²) in [4.78, 5) is 21.5. The Morgan fingerprint density at radius 1 is 0.842 bits per heavy atom. The van der Waals surface area contributed by atoms with Gasteiger partial charge in [-0.25, -0.2) is 4.79 Å². The van der Waals surface area contributed by atoms with Crippen LogP contribution in [0.25, 0.3) is 11.3 Å². The largest absolute Gasteiger partial charge is 0.439 e. The number of alkyl halides is 9. The second-order valence-electron chi connectivity index (χ2n) is 8.47. The van der Waals surface area contributed by atoms with Gasteiger partial charge in [-0.15, -0.1) is 0 Å². The van der Waals surface area contributed by atoms with Gasteiger partial charge in [-0.2, -0.15) is 39.5 Å². The van der Waals surface area contributed by atoms with Gasteiger partial charge in [0.2, 0.25) is 0 Å². The van der Waals surface area contributed by atoms with Crippen molar-refractivity contribution >= 4 is 6.09 Å². The van der Waals surface area contributed by atoms with Gasteiger partial charge in [0.25, 0.3) is 0 Å². The van der Waals surface area contributed by atoms with Gasteiger partial charge in [0.1, 0.15) is 6.10 Å². The number of halogens is 9. The van der Waals surface area contributed by atoms with Crippen LogP contribution in [0.1, 0.15) is 40.8 Å². The van der Waals surface area contributed by atoms with Crippen LogP contribution in [0.2, 0.25) is 0 Å². The molecular weight excluding hydrogens is 533 g/mol. The molecule has 0 unspecified atom stereocenters. The fraction of sp³-hybridized carbons (Fsp3) is 0.292. The van der Waals surface area contributed by atoms with Crippen molar-refractivity contribution in [2.45, 2.75) is 44.1 Å². The number of benzene rings is 2. The molecule has 2 atom stereocenters. The molecule has 2 aromatic carbocycles. The van der Waals surface area contributed by atoms with Crippen molar-refractivity contribution in [2.75, 3.05) is 0 Å². The smallest absolute Gasteiger partial charge is 0.416 e. The Kier molecular flexibility index (Phi) is 6.78. The van der Waals surface area contributed by atoms with Crippen molar-refractivity contribution < 1.29 is 49.0 Å². The molecule has 0 bridgehead atoms. The number of ether oxygens (including phenoxy) is 1. The summed E-state index contributed by atoms with van der Waals surface area (Å²) >= 11 is 0. The van der Waals surface area contributed by atoms with Crippen molar-refractivity contribution in [1.82, 2.24) is 14.9 Å². The van der Waals surface area contributed by atoms with E-state index in [1.165, 1.54) is 25.5 Å². The summed E-state index contributed by atoms with van der Waals surface area (Å²) in [5, 5.41) is 0. The first-order valence-electron chi connectivity index (χ1n) is 10.8. The predicted octanol–water partition coefficient (Wildman–Crippen LogP) is 7.28. The summed E-state index contributed by atoms with van der Waals surface area (Å²) in [5.74, 6) is 0. The lowest BCUT2D eigenvalue weighted by Crippen LogP contribution is -2.32. The number of nitrogens with zero attached hydrogens (tertiary/aromatic N) is 3. The highest BCUT2D eigenvalue weighted by Gasteiger charge is 2.43. The zero-order chi connectivity index (χ0) is 28.0. The molecule has 1 aliphatic heterocycles. The molecule has 0 aliphatic carbocycles. The highest BCUT2D eigenvalue weighted by Crippen LogP contribution is 2.42. The van der Waals surface area contributed by atoms with E-state index < -0.39 is 65.6 Å². The average molecular weight is 549 g/mol. The lowest BCUT2D eigenvalue weighted by Gasteiger charge is -2.23. The van der Waals surface area contributed by atoms with E-state index in [1.54, 1.807) is 0 Å². The molecule has 202 valence electrons. The van der Waals surface area contributed by atoms with Gasteiger partial charge in [0.15, 0.2) is 0 Å². The minimum Gasteiger partial charge on any atom is -0.439 e. The zero-order valence-electron chi connectivity index (χ0n) is 19.1. The van der Waals surface area contributed by atoms with Crippen molar-refractivity contribution in [3.05, 3.63) is 82.8 Å². The van der Waals surface area contributed by atoms with E-state index in [0.29, 0.717) is 12.1 Å². The van der Waals surface area contributed by atoms with Crippen molar-refractivity contribution in [3.63, 3.8) is 0 Å². The van der Waals surface area contributed by atoms with Gasteiger partial charge in [-0.3, -0.25) is 14.9 Å². The SMILES string of the molecule is C[C@H]1[C@@H](c2cc(C(F)(F)F)cc(C(F)(F)F)c2)OC(=O)N1Cc1cc(C(F)(F)F)ccc1-c1cnccn1. The third-order valence-electron chi connectivity index (χ3n) is 5.94. The van der Waals surface area contributed by atoms with Crippen LogP contribution in [-0.2, 0) is 29.8 Å². The fourth-order valence-corrected chi connectivity index (χ4v) is 4.08. The molecule has 5 nitrogen and oxygen atoms in total. The third kappa shape index (κ3) is 5.53.